The zero-order valence-electron chi connectivity index (χ0n) is 9.82. The van der Waals surface area contributed by atoms with Crippen molar-refractivity contribution >= 4 is 5.82 Å². The summed E-state index contributed by atoms with van der Waals surface area (Å²) in [5.74, 6) is 1.34. The first-order valence-corrected chi connectivity index (χ1v) is 5.92. The highest BCUT2D eigenvalue weighted by molar-refractivity contribution is 5.49. The van der Waals surface area contributed by atoms with Gasteiger partial charge in [0, 0.05) is 6.54 Å². The Balaban J connectivity index is 1.68. The van der Waals surface area contributed by atoms with Crippen molar-refractivity contribution in [3.05, 3.63) is 53.5 Å². The van der Waals surface area contributed by atoms with Gasteiger partial charge in [-0.25, -0.2) is 9.37 Å². The summed E-state index contributed by atoms with van der Waals surface area (Å²) in [6.07, 6.45) is 1.03. The predicted molar refractivity (Wildman–Crippen MR) is 67.2 cm³/mol. The van der Waals surface area contributed by atoms with Gasteiger partial charge >= 0.3 is 0 Å². The van der Waals surface area contributed by atoms with Crippen molar-refractivity contribution in [1.29, 1.82) is 0 Å². The molecule has 18 heavy (non-hydrogen) atoms. The molecule has 92 valence electrons. The molecular weight excluding hydrogens is 231 g/mol. The maximum absolute atomic E-state index is 12.7. The van der Waals surface area contributed by atoms with E-state index < -0.39 is 0 Å². The number of pyridine rings is 1. The number of halogens is 1. The number of rotatable bonds is 3. The van der Waals surface area contributed by atoms with Crippen LogP contribution in [0.4, 0.5) is 10.2 Å². The summed E-state index contributed by atoms with van der Waals surface area (Å²) in [5.41, 5.74) is 2.12. The van der Waals surface area contributed by atoms with Gasteiger partial charge in [0.25, 0.3) is 0 Å². The van der Waals surface area contributed by atoms with E-state index in [1.54, 1.807) is 12.1 Å². The second kappa shape index (κ2) is 4.64. The minimum Gasteiger partial charge on any atom is -0.487 e. The molecule has 0 unspecified atom stereocenters. The molecule has 1 aliphatic rings. The molecule has 1 N–H and O–H groups in total. The molecule has 0 spiro atoms. The van der Waals surface area contributed by atoms with E-state index in [-0.39, 0.29) is 5.82 Å². The van der Waals surface area contributed by atoms with Crippen molar-refractivity contribution < 1.29 is 9.13 Å². The quantitative estimate of drug-likeness (QED) is 0.901. The SMILES string of the molecule is Fc1ccc(OCc2ccc3c(n2)NCC3)cc1. The standard InChI is InChI=1S/C14H13FN2O/c15-11-2-5-13(6-3-11)18-9-12-4-1-10-7-8-16-14(10)17-12/h1-6H,7-9H2,(H,16,17). The molecule has 0 amide bonds. The third-order valence-electron chi connectivity index (χ3n) is 2.92. The second-order valence-corrected chi connectivity index (χ2v) is 4.23. The maximum Gasteiger partial charge on any atom is 0.130 e. The molecule has 0 bridgehead atoms. The van der Waals surface area contributed by atoms with Crippen LogP contribution in [0.1, 0.15) is 11.3 Å². The molecule has 0 saturated carbocycles. The van der Waals surface area contributed by atoms with Gasteiger partial charge in [0.1, 0.15) is 24.0 Å². The predicted octanol–water partition coefficient (Wildman–Crippen LogP) is 2.77. The molecule has 0 radical (unpaired) electrons. The third kappa shape index (κ3) is 2.27. The Morgan fingerprint density at radius 3 is 2.83 bits per heavy atom. The molecule has 3 nitrogen and oxygen atoms in total. The van der Waals surface area contributed by atoms with E-state index in [4.69, 9.17) is 4.74 Å². The average molecular weight is 244 g/mol. The van der Waals surface area contributed by atoms with Crippen LogP contribution in [0.5, 0.6) is 5.75 Å². The number of anilines is 1. The van der Waals surface area contributed by atoms with Gasteiger partial charge in [-0.1, -0.05) is 6.07 Å². The monoisotopic (exact) mass is 244 g/mol. The van der Waals surface area contributed by atoms with Gasteiger partial charge in [0.05, 0.1) is 5.69 Å². The number of aromatic nitrogens is 1. The molecule has 2 aromatic rings. The molecule has 0 fully saturated rings. The minimum atomic E-state index is -0.262. The summed E-state index contributed by atoms with van der Waals surface area (Å²) in [7, 11) is 0. The van der Waals surface area contributed by atoms with Crippen LogP contribution in [0, 0.1) is 5.82 Å². The number of fused-ring (bicyclic) bond motifs is 1. The topological polar surface area (TPSA) is 34.1 Å². The zero-order valence-corrected chi connectivity index (χ0v) is 9.82. The van der Waals surface area contributed by atoms with Gasteiger partial charge in [-0.05, 0) is 42.3 Å². The van der Waals surface area contributed by atoms with Gasteiger partial charge in [-0.15, -0.1) is 0 Å². The van der Waals surface area contributed by atoms with Crippen LogP contribution in [-0.2, 0) is 13.0 Å². The fourth-order valence-electron chi connectivity index (χ4n) is 1.97. The second-order valence-electron chi connectivity index (χ2n) is 4.23. The minimum absolute atomic E-state index is 0.262. The van der Waals surface area contributed by atoms with Crippen LogP contribution in [0.15, 0.2) is 36.4 Å². The van der Waals surface area contributed by atoms with Crippen LogP contribution in [0.2, 0.25) is 0 Å². The molecule has 1 aromatic heterocycles. The first-order chi connectivity index (χ1) is 8.81. The lowest BCUT2D eigenvalue weighted by Gasteiger charge is -2.07. The first kappa shape index (κ1) is 11.0. The Hall–Kier alpha value is -2.10. The molecule has 1 aliphatic heterocycles. The number of ether oxygens (including phenoxy) is 1. The summed E-state index contributed by atoms with van der Waals surface area (Å²) in [6.45, 7) is 1.34. The Morgan fingerprint density at radius 2 is 2.00 bits per heavy atom. The van der Waals surface area contributed by atoms with E-state index in [0.717, 1.165) is 24.5 Å². The summed E-state index contributed by atoms with van der Waals surface area (Å²) < 4.78 is 18.3. The van der Waals surface area contributed by atoms with Crippen molar-refractivity contribution in [2.45, 2.75) is 13.0 Å². The van der Waals surface area contributed by atoms with Gasteiger partial charge in [-0.2, -0.15) is 0 Å². The number of nitrogens with zero attached hydrogens (tertiary/aromatic N) is 1. The maximum atomic E-state index is 12.7. The van der Waals surface area contributed by atoms with E-state index >= 15 is 0 Å². The number of benzene rings is 1. The van der Waals surface area contributed by atoms with Crippen molar-refractivity contribution in [2.75, 3.05) is 11.9 Å². The lowest BCUT2D eigenvalue weighted by molar-refractivity contribution is 0.301. The average Bonchev–Trinajstić information content (AvgIpc) is 2.85. The molecule has 0 saturated heterocycles. The van der Waals surface area contributed by atoms with E-state index in [9.17, 15) is 4.39 Å². The van der Waals surface area contributed by atoms with E-state index in [0.29, 0.717) is 12.4 Å². The molecule has 0 atom stereocenters. The highest BCUT2D eigenvalue weighted by atomic mass is 19.1. The Morgan fingerprint density at radius 1 is 1.17 bits per heavy atom. The molecule has 2 heterocycles. The van der Waals surface area contributed by atoms with Crippen molar-refractivity contribution in [3.63, 3.8) is 0 Å². The normalized spacial score (nSPS) is 12.9. The molecule has 4 heteroatoms. The highest BCUT2D eigenvalue weighted by Crippen LogP contribution is 2.20. The van der Waals surface area contributed by atoms with E-state index in [1.165, 1.54) is 17.7 Å². The van der Waals surface area contributed by atoms with Crippen LogP contribution >= 0.6 is 0 Å². The molecule has 0 aliphatic carbocycles. The van der Waals surface area contributed by atoms with Crippen LogP contribution in [0.25, 0.3) is 0 Å². The van der Waals surface area contributed by atoms with Crippen LogP contribution in [-0.4, -0.2) is 11.5 Å². The van der Waals surface area contributed by atoms with Crippen molar-refractivity contribution in [2.24, 2.45) is 0 Å². The van der Waals surface area contributed by atoms with E-state index in [1.807, 2.05) is 6.07 Å². The van der Waals surface area contributed by atoms with Crippen LogP contribution in [0.3, 0.4) is 0 Å². The van der Waals surface area contributed by atoms with Gasteiger partial charge < -0.3 is 10.1 Å². The molecule has 3 rings (SSSR count). The Bertz CT molecular complexity index is 554. The smallest absolute Gasteiger partial charge is 0.130 e. The Labute approximate surface area is 105 Å². The largest absolute Gasteiger partial charge is 0.487 e. The fraction of sp³-hybridized carbons (Fsp3) is 0.214. The van der Waals surface area contributed by atoms with Gasteiger partial charge in [-0.3, -0.25) is 0 Å². The van der Waals surface area contributed by atoms with Crippen LogP contribution < -0.4 is 10.1 Å². The molecular formula is C14H13FN2O. The van der Waals surface area contributed by atoms with Gasteiger partial charge in [0.2, 0.25) is 0 Å². The summed E-state index contributed by atoms with van der Waals surface area (Å²) in [6, 6.07) is 10.0. The lowest BCUT2D eigenvalue weighted by Crippen LogP contribution is -2.00. The lowest BCUT2D eigenvalue weighted by atomic mass is 10.2. The van der Waals surface area contributed by atoms with Crippen molar-refractivity contribution in [1.82, 2.24) is 4.98 Å². The number of nitrogens with one attached hydrogen (secondary N) is 1. The molecule has 1 aromatic carbocycles. The number of hydrogen-bond acceptors (Lipinski definition) is 3. The summed E-state index contributed by atoms with van der Waals surface area (Å²) in [4.78, 5) is 4.48. The number of hydrogen-bond donors (Lipinski definition) is 1. The first-order valence-electron chi connectivity index (χ1n) is 5.92. The third-order valence-corrected chi connectivity index (χ3v) is 2.92. The summed E-state index contributed by atoms with van der Waals surface area (Å²) in [5, 5.41) is 3.23. The van der Waals surface area contributed by atoms with Gasteiger partial charge in [0.15, 0.2) is 0 Å². The van der Waals surface area contributed by atoms with Crippen molar-refractivity contribution in [3.8, 4) is 5.75 Å². The summed E-state index contributed by atoms with van der Waals surface area (Å²) >= 11 is 0. The Kier molecular flexibility index (Phi) is 2.84. The highest BCUT2D eigenvalue weighted by Gasteiger charge is 2.11. The van der Waals surface area contributed by atoms with E-state index in [2.05, 4.69) is 16.4 Å². The zero-order chi connectivity index (χ0) is 12.4. The fourth-order valence-corrected chi connectivity index (χ4v) is 1.97.